The summed E-state index contributed by atoms with van der Waals surface area (Å²) in [6.45, 7) is 4.20. The molecule has 2 aromatic carbocycles. The second-order valence-electron chi connectivity index (χ2n) is 7.34. The van der Waals surface area contributed by atoms with E-state index in [2.05, 4.69) is 54.3 Å². The molecule has 1 aliphatic carbocycles. The van der Waals surface area contributed by atoms with E-state index in [1.54, 1.807) is 0 Å². The van der Waals surface area contributed by atoms with Crippen molar-refractivity contribution in [1.29, 1.82) is 0 Å². The number of hydrogen-bond acceptors (Lipinski definition) is 2. The van der Waals surface area contributed by atoms with E-state index in [0.29, 0.717) is 0 Å². The van der Waals surface area contributed by atoms with Gasteiger partial charge in [-0.25, -0.2) is 4.68 Å². The number of aryl methyl sites for hydroxylation is 2. The van der Waals surface area contributed by atoms with Gasteiger partial charge >= 0.3 is 0 Å². The van der Waals surface area contributed by atoms with Gasteiger partial charge in [-0.3, -0.25) is 4.79 Å². The number of hydrogen-bond donors (Lipinski definition) is 1. The third-order valence-corrected chi connectivity index (χ3v) is 5.03. The average Bonchev–Trinajstić information content (AvgIpc) is 3.12. The van der Waals surface area contributed by atoms with Crippen LogP contribution in [0.3, 0.4) is 0 Å². The van der Waals surface area contributed by atoms with Crippen LogP contribution in [0.25, 0.3) is 5.69 Å². The Morgan fingerprint density at radius 1 is 1.14 bits per heavy atom. The van der Waals surface area contributed by atoms with E-state index in [9.17, 15) is 4.79 Å². The van der Waals surface area contributed by atoms with Gasteiger partial charge in [-0.05, 0) is 68.5 Å². The van der Waals surface area contributed by atoms with Gasteiger partial charge in [0.1, 0.15) is 0 Å². The molecule has 4 rings (SSSR count). The monoisotopic (exact) mass is 369 g/mol. The van der Waals surface area contributed by atoms with E-state index in [1.807, 2.05) is 41.2 Å². The Hall–Kier alpha value is -3.32. The zero-order chi connectivity index (χ0) is 19.5. The predicted octanol–water partition coefficient (Wildman–Crippen LogP) is 4.03. The van der Waals surface area contributed by atoms with E-state index in [4.69, 9.17) is 0 Å². The summed E-state index contributed by atoms with van der Waals surface area (Å²) in [6, 6.07) is 16.0. The average molecular weight is 369 g/mol. The maximum absolute atomic E-state index is 12.3. The highest BCUT2D eigenvalue weighted by Gasteiger charge is 2.25. The van der Waals surface area contributed by atoms with Crippen LogP contribution in [0.5, 0.6) is 0 Å². The van der Waals surface area contributed by atoms with Crippen LogP contribution < -0.4 is 5.32 Å². The topological polar surface area (TPSA) is 46.9 Å². The molecular formula is C24H23N3O. The number of rotatable bonds is 2. The molecule has 0 spiro atoms. The lowest BCUT2D eigenvalue weighted by atomic mass is 9.93. The molecule has 4 heteroatoms. The van der Waals surface area contributed by atoms with Crippen LogP contribution in [0.1, 0.15) is 46.8 Å². The molecule has 0 fully saturated rings. The molecule has 3 aromatic rings. The first-order chi connectivity index (χ1) is 13.6. The van der Waals surface area contributed by atoms with Gasteiger partial charge in [0.15, 0.2) is 0 Å². The van der Waals surface area contributed by atoms with Crippen LogP contribution in [0.4, 0.5) is 0 Å². The van der Waals surface area contributed by atoms with Gasteiger partial charge in [0.05, 0.1) is 17.9 Å². The van der Waals surface area contributed by atoms with Crippen LogP contribution in [0.2, 0.25) is 0 Å². The van der Waals surface area contributed by atoms with Crippen LogP contribution in [0, 0.1) is 25.7 Å². The smallest absolute Gasteiger partial charge is 0.296 e. The fourth-order valence-electron chi connectivity index (χ4n) is 3.85. The summed E-state index contributed by atoms with van der Waals surface area (Å²) in [7, 11) is 0. The first-order valence-corrected chi connectivity index (χ1v) is 9.63. The summed E-state index contributed by atoms with van der Waals surface area (Å²) in [5.74, 6) is 5.37. The highest BCUT2D eigenvalue weighted by molar-refractivity contribution is 5.94. The Morgan fingerprint density at radius 2 is 1.89 bits per heavy atom. The molecule has 140 valence electrons. The van der Waals surface area contributed by atoms with E-state index >= 15 is 0 Å². The summed E-state index contributed by atoms with van der Waals surface area (Å²) < 4.78 is 2.02. The third kappa shape index (κ3) is 3.84. The highest BCUT2D eigenvalue weighted by Crippen LogP contribution is 2.31. The second kappa shape index (κ2) is 7.74. The zero-order valence-electron chi connectivity index (χ0n) is 16.2. The van der Waals surface area contributed by atoms with Crippen LogP contribution in [-0.2, 0) is 11.2 Å². The van der Waals surface area contributed by atoms with Crippen molar-refractivity contribution in [3.63, 3.8) is 0 Å². The Bertz CT molecular complexity index is 1050. The molecule has 1 aromatic heterocycles. The molecule has 1 aliphatic rings. The van der Waals surface area contributed by atoms with Gasteiger partial charge in [0.2, 0.25) is 0 Å². The number of nitrogens with zero attached hydrogens (tertiary/aromatic N) is 2. The third-order valence-electron chi connectivity index (χ3n) is 5.03. The van der Waals surface area contributed by atoms with Crippen LogP contribution >= 0.6 is 0 Å². The Balaban J connectivity index is 1.56. The normalized spacial score (nSPS) is 15.3. The lowest BCUT2D eigenvalue weighted by molar-refractivity contribution is -0.116. The molecule has 0 bridgehead atoms. The van der Waals surface area contributed by atoms with Gasteiger partial charge in [0, 0.05) is 22.7 Å². The fraction of sp³-hybridized carbons (Fsp3) is 0.250. The summed E-state index contributed by atoms with van der Waals surface area (Å²) in [6.07, 6.45) is 4.77. The van der Waals surface area contributed by atoms with E-state index in [1.165, 1.54) is 16.8 Å². The lowest BCUT2D eigenvalue weighted by Gasteiger charge is -2.23. The molecule has 0 saturated carbocycles. The molecule has 28 heavy (non-hydrogen) atoms. The van der Waals surface area contributed by atoms with Crippen molar-refractivity contribution >= 4 is 5.91 Å². The number of carbonyl (C=O) groups excluding carboxylic acids is 1. The van der Waals surface area contributed by atoms with Crippen molar-refractivity contribution < 1.29 is 4.79 Å². The lowest BCUT2D eigenvalue weighted by Crippen LogP contribution is -2.30. The summed E-state index contributed by atoms with van der Waals surface area (Å²) in [5, 5.41) is 7.70. The summed E-state index contributed by atoms with van der Waals surface area (Å²) >= 11 is 0. The minimum Gasteiger partial charge on any atom is -0.338 e. The van der Waals surface area contributed by atoms with E-state index in [-0.39, 0.29) is 11.9 Å². The maximum Gasteiger partial charge on any atom is 0.296 e. The largest absolute Gasteiger partial charge is 0.338 e. The number of nitrogens with one attached hydrogen (secondary N) is 1. The fourth-order valence-corrected chi connectivity index (χ4v) is 3.85. The Kier molecular flexibility index (Phi) is 4.99. The van der Waals surface area contributed by atoms with Gasteiger partial charge in [-0.2, -0.15) is 5.10 Å². The quantitative estimate of drug-likeness (QED) is 0.693. The summed E-state index contributed by atoms with van der Waals surface area (Å²) in [4.78, 5) is 12.3. The predicted molar refractivity (Wildman–Crippen MR) is 110 cm³/mol. The van der Waals surface area contributed by atoms with Crippen LogP contribution in [0.15, 0.2) is 54.7 Å². The van der Waals surface area contributed by atoms with Crippen molar-refractivity contribution in [3.05, 3.63) is 82.7 Å². The number of aromatic nitrogens is 2. The Morgan fingerprint density at radius 3 is 2.64 bits per heavy atom. The minimum atomic E-state index is -0.249. The number of amides is 1. The van der Waals surface area contributed by atoms with Crippen molar-refractivity contribution in [3.8, 4) is 17.5 Å². The van der Waals surface area contributed by atoms with Gasteiger partial charge < -0.3 is 5.32 Å². The SMILES string of the molecule is Cc1cc(C)cc(-n2ncc3c2CCCC3NC(=O)C#Cc2ccccc2)c1. The number of benzene rings is 2. The first kappa shape index (κ1) is 18.1. The molecule has 1 N–H and O–H groups in total. The van der Waals surface area contributed by atoms with Gasteiger partial charge in [-0.1, -0.05) is 30.2 Å². The minimum absolute atomic E-state index is 0.0408. The molecule has 0 saturated heterocycles. The second-order valence-corrected chi connectivity index (χ2v) is 7.34. The zero-order valence-corrected chi connectivity index (χ0v) is 16.2. The van der Waals surface area contributed by atoms with Crippen molar-refractivity contribution in [2.24, 2.45) is 0 Å². The van der Waals surface area contributed by atoms with Crippen molar-refractivity contribution in [1.82, 2.24) is 15.1 Å². The molecular weight excluding hydrogens is 346 g/mol. The summed E-state index contributed by atoms with van der Waals surface area (Å²) in [5.41, 5.74) is 6.63. The molecule has 1 amide bonds. The van der Waals surface area contributed by atoms with Crippen molar-refractivity contribution in [2.45, 2.75) is 39.2 Å². The van der Waals surface area contributed by atoms with Crippen LogP contribution in [-0.4, -0.2) is 15.7 Å². The number of carbonyl (C=O) groups is 1. The molecule has 1 unspecified atom stereocenters. The van der Waals surface area contributed by atoms with Crippen molar-refractivity contribution in [2.75, 3.05) is 0 Å². The Labute approximate surface area is 165 Å². The molecule has 4 nitrogen and oxygen atoms in total. The van der Waals surface area contributed by atoms with Gasteiger partial charge in [0.25, 0.3) is 5.91 Å². The molecule has 1 atom stereocenters. The van der Waals surface area contributed by atoms with E-state index in [0.717, 1.165) is 36.1 Å². The maximum atomic E-state index is 12.3. The molecule has 0 radical (unpaired) electrons. The van der Waals surface area contributed by atoms with Gasteiger partial charge in [-0.15, -0.1) is 0 Å². The molecule has 0 aliphatic heterocycles. The highest BCUT2D eigenvalue weighted by atomic mass is 16.1. The first-order valence-electron chi connectivity index (χ1n) is 9.63. The molecule has 1 heterocycles. The standard InChI is InChI=1S/C24H23N3O/c1-17-13-18(2)15-20(14-17)27-23-10-6-9-22(21(23)16-25-27)26-24(28)12-11-19-7-4-3-5-8-19/h3-5,7-8,13-16,22H,6,9-10H2,1-2H3,(H,26,28). The number of fused-ring (bicyclic) bond motifs is 1. The van der Waals surface area contributed by atoms with E-state index < -0.39 is 0 Å².